The molecule has 0 bridgehead atoms. The summed E-state index contributed by atoms with van der Waals surface area (Å²) in [6, 6.07) is 8.32. The lowest BCUT2D eigenvalue weighted by atomic mass is 10.4. The van der Waals surface area contributed by atoms with Crippen molar-refractivity contribution in [3.8, 4) is 0 Å². The van der Waals surface area contributed by atoms with E-state index < -0.39 is 10.0 Å². The van der Waals surface area contributed by atoms with Gasteiger partial charge in [-0.2, -0.15) is 0 Å². The molecule has 1 N–H and O–H groups in total. The van der Waals surface area contributed by atoms with E-state index in [2.05, 4.69) is 21.5 Å². The fourth-order valence-electron chi connectivity index (χ4n) is 1.81. The lowest BCUT2D eigenvalue weighted by molar-refractivity contribution is 0.584. The van der Waals surface area contributed by atoms with Crippen molar-refractivity contribution < 1.29 is 8.42 Å². The second-order valence-corrected chi connectivity index (χ2v) is 7.32. The number of aromatic nitrogens is 3. The number of nitrogens with one attached hydrogen (secondary N) is 1. The lowest BCUT2D eigenvalue weighted by Gasteiger charge is -2.07. The highest BCUT2D eigenvalue weighted by Crippen LogP contribution is 2.16. The number of thioether (sulfide) groups is 1. The first kappa shape index (κ1) is 16.7. The van der Waals surface area contributed by atoms with Crippen molar-refractivity contribution in [2.45, 2.75) is 23.5 Å². The van der Waals surface area contributed by atoms with Gasteiger partial charge in [-0.15, -0.1) is 16.8 Å². The molecule has 8 heteroatoms. The van der Waals surface area contributed by atoms with Crippen molar-refractivity contribution in [2.24, 2.45) is 0 Å². The molecular formula is C14H18N4O2S2. The summed E-state index contributed by atoms with van der Waals surface area (Å²) in [7, 11) is -3.45. The molecule has 22 heavy (non-hydrogen) atoms. The van der Waals surface area contributed by atoms with Crippen molar-refractivity contribution >= 4 is 21.8 Å². The predicted molar refractivity (Wildman–Crippen MR) is 87.3 cm³/mol. The fourth-order valence-corrected chi connectivity index (χ4v) is 3.84. The highest BCUT2D eigenvalue weighted by Gasteiger charge is 2.13. The second kappa shape index (κ2) is 7.57. The molecular weight excluding hydrogens is 320 g/mol. The van der Waals surface area contributed by atoms with E-state index >= 15 is 0 Å². The highest BCUT2D eigenvalue weighted by atomic mass is 32.2. The van der Waals surface area contributed by atoms with E-state index in [9.17, 15) is 8.42 Å². The van der Waals surface area contributed by atoms with Crippen LogP contribution in [0.25, 0.3) is 0 Å². The van der Waals surface area contributed by atoms with Crippen LogP contribution < -0.4 is 4.72 Å². The van der Waals surface area contributed by atoms with Crippen LogP contribution in [0.4, 0.5) is 0 Å². The molecule has 0 aliphatic carbocycles. The molecule has 0 fully saturated rings. The van der Waals surface area contributed by atoms with Crippen LogP contribution in [0.15, 0.2) is 53.0 Å². The zero-order chi connectivity index (χ0) is 16.0. The van der Waals surface area contributed by atoms with Gasteiger partial charge in [0.25, 0.3) is 0 Å². The number of benzene rings is 1. The van der Waals surface area contributed by atoms with E-state index in [0.29, 0.717) is 18.8 Å². The monoisotopic (exact) mass is 338 g/mol. The van der Waals surface area contributed by atoms with Gasteiger partial charge in [-0.1, -0.05) is 36.0 Å². The Labute approximate surface area is 134 Å². The first-order valence-electron chi connectivity index (χ1n) is 6.73. The Balaban J connectivity index is 1.89. The third-order valence-corrected chi connectivity index (χ3v) is 5.34. The third kappa shape index (κ3) is 4.19. The van der Waals surface area contributed by atoms with Gasteiger partial charge < -0.3 is 4.57 Å². The molecule has 0 unspecified atom stereocenters. The normalized spacial score (nSPS) is 11.5. The van der Waals surface area contributed by atoms with Gasteiger partial charge >= 0.3 is 0 Å². The Hall–Kier alpha value is -1.64. The van der Waals surface area contributed by atoms with Crippen LogP contribution in [0.1, 0.15) is 5.82 Å². The maximum atomic E-state index is 12.1. The minimum Gasteiger partial charge on any atom is -0.302 e. The van der Waals surface area contributed by atoms with Crippen molar-refractivity contribution in [2.75, 3.05) is 12.3 Å². The molecule has 1 heterocycles. The maximum absolute atomic E-state index is 12.1. The molecule has 0 aliphatic heterocycles. The van der Waals surface area contributed by atoms with Crippen LogP contribution in [0.3, 0.4) is 0 Å². The molecule has 2 aromatic rings. The topological polar surface area (TPSA) is 76.9 Å². The third-order valence-electron chi connectivity index (χ3n) is 2.89. The molecule has 0 radical (unpaired) electrons. The quantitative estimate of drug-likeness (QED) is 0.451. The molecule has 118 valence electrons. The number of allylic oxidation sites excluding steroid dienone is 1. The van der Waals surface area contributed by atoms with Crippen molar-refractivity contribution in [3.63, 3.8) is 0 Å². The van der Waals surface area contributed by atoms with Gasteiger partial charge in [0.15, 0.2) is 5.16 Å². The first-order valence-corrected chi connectivity index (χ1v) is 9.19. The number of sulfonamides is 1. The van der Waals surface area contributed by atoms with E-state index in [1.807, 2.05) is 11.5 Å². The summed E-state index contributed by atoms with van der Waals surface area (Å²) in [6.45, 7) is 6.53. The number of rotatable bonds is 8. The highest BCUT2D eigenvalue weighted by molar-refractivity contribution is 7.99. The smallest absolute Gasteiger partial charge is 0.240 e. The Bertz CT molecular complexity index is 727. The summed E-state index contributed by atoms with van der Waals surface area (Å²) >= 11 is 1.46. The lowest BCUT2D eigenvalue weighted by Crippen LogP contribution is -2.26. The number of aryl methyl sites for hydroxylation is 1. The van der Waals surface area contributed by atoms with Crippen LogP contribution in [0, 0.1) is 6.92 Å². The number of hydrogen-bond donors (Lipinski definition) is 1. The molecule has 1 aromatic carbocycles. The van der Waals surface area contributed by atoms with Crippen molar-refractivity contribution in [1.82, 2.24) is 19.5 Å². The average Bonchev–Trinajstić information content (AvgIpc) is 2.86. The van der Waals surface area contributed by atoms with Gasteiger partial charge in [0.1, 0.15) is 5.82 Å². The second-order valence-electron chi connectivity index (χ2n) is 4.49. The van der Waals surface area contributed by atoms with Crippen molar-refractivity contribution in [3.05, 3.63) is 48.8 Å². The minimum atomic E-state index is -3.45. The summed E-state index contributed by atoms with van der Waals surface area (Å²) in [5, 5.41) is 8.85. The van der Waals surface area contributed by atoms with E-state index in [0.717, 1.165) is 11.0 Å². The minimum absolute atomic E-state index is 0.269. The maximum Gasteiger partial charge on any atom is 0.240 e. The van der Waals surface area contributed by atoms with E-state index in [4.69, 9.17) is 0 Å². The fraction of sp³-hybridized carbons (Fsp3) is 0.286. The largest absolute Gasteiger partial charge is 0.302 e. The zero-order valence-corrected chi connectivity index (χ0v) is 13.9. The van der Waals surface area contributed by atoms with Crippen LogP contribution >= 0.6 is 11.8 Å². The molecule has 0 atom stereocenters. The predicted octanol–water partition coefficient (Wildman–Crippen LogP) is 1.84. The van der Waals surface area contributed by atoms with Crippen LogP contribution in [-0.4, -0.2) is 35.5 Å². The standard InChI is InChI=1S/C14H18N4O2S2/c1-3-10-18-12(2)16-17-14(18)21-11-9-15-22(19,20)13-7-5-4-6-8-13/h3-8,15H,1,9-11H2,2H3. The summed E-state index contributed by atoms with van der Waals surface area (Å²) in [4.78, 5) is 0.269. The van der Waals surface area contributed by atoms with Gasteiger partial charge in [-0.3, -0.25) is 0 Å². The van der Waals surface area contributed by atoms with E-state index in [1.165, 1.54) is 11.8 Å². The summed E-state index contributed by atoms with van der Waals surface area (Å²) in [6.07, 6.45) is 1.78. The van der Waals surface area contributed by atoms with Crippen LogP contribution in [-0.2, 0) is 16.6 Å². The van der Waals surface area contributed by atoms with Crippen molar-refractivity contribution in [1.29, 1.82) is 0 Å². The zero-order valence-electron chi connectivity index (χ0n) is 12.3. The van der Waals surface area contributed by atoms with Gasteiger partial charge in [-0.05, 0) is 19.1 Å². The number of hydrogen-bond acceptors (Lipinski definition) is 5. The van der Waals surface area contributed by atoms with Gasteiger partial charge in [-0.25, -0.2) is 13.1 Å². The molecule has 2 rings (SSSR count). The van der Waals surface area contributed by atoms with E-state index in [-0.39, 0.29) is 4.90 Å². The van der Waals surface area contributed by atoms with Gasteiger partial charge in [0.2, 0.25) is 10.0 Å². The Kier molecular flexibility index (Phi) is 5.76. The molecule has 0 amide bonds. The Morgan fingerprint density at radius 1 is 1.32 bits per heavy atom. The first-order chi connectivity index (χ1) is 10.5. The molecule has 6 nitrogen and oxygen atoms in total. The summed E-state index contributed by atoms with van der Waals surface area (Å²) in [5.74, 6) is 1.38. The average molecular weight is 338 g/mol. The van der Waals surface area contributed by atoms with Crippen LogP contribution in [0.5, 0.6) is 0 Å². The van der Waals surface area contributed by atoms with Gasteiger partial charge in [0.05, 0.1) is 4.90 Å². The van der Waals surface area contributed by atoms with E-state index in [1.54, 1.807) is 36.4 Å². The molecule has 0 saturated carbocycles. The Morgan fingerprint density at radius 2 is 2.05 bits per heavy atom. The molecule has 0 saturated heterocycles. The number of nitrogens with zero attached hydrogens (tertiary/aromatic N) is 3. The summed E-state index contributed by atoms with van der Waals surface area (Å²) in [5.41, 5.74) is 0. The molecule has 0 spiro atoms. The SMILES string of the molecule is C=CCn1c(C)nnc1SCCNS(=O)(=O)c1ccccc1. The molecule has 0 aliphatic rings. The van der Waals surface area contributed by atoms with Gasteiger partial charge in [0, 0.05) is 18.8 Å². The van der Waals surface area contributed by atoms with Crippen LogP contribution in [0.2, 0.25) is 0 Å². The summed E-state index contributed by atoms with van der Waals surface area (Å²) < 4.78 is 28.6. The Morgan fingerprint density at radius 3 is 2.73 bits per heavy atom. The molecule has 1 aromatic heterocycles.